The Morgan fingerprint density at radius 2 is 1.67 bits per heavy atom. The first-order valence-corrected chi connectivity index (χ1v) is 8.77. The fourth-order valence-electron chi connectivity index (χ4n) is 2.47. The van der Waals surface area contributed by atoms with E-state index in [-0.39, 0.29) is 19.6 Å². The molecule has 1 aromatic rings. The molecule has 0 unspecified atom stereocenters. The van der Waals surface area contributed by atoms with Crippen molar-refractivity contribution in [3.05, 3.63) is 35.9 Å². The number of hydrogen-bond acceptors (Lipinski definition) is 6. The maximum absolute atomic E-state index is 12.2. The molecule has 0 bridgehead atoms. The lowest BCUT2D eigenvalue weighted by molar-refractivity contribution is -0.160. The van der Waals surface area contributed by atoms with E-state index in [2.05, 4.69) is 5.32 Å². The summed E-state index contributed by atoms with van der Waals surface area (Å²) in [7, 11) is 0. The van der Waals surface area contributed by atoms with E-state index in [1.165, 1.54) is 0 Å². The number of aryl methyl sites for hydroxylation is 1. The molecular formula is C19H25NO7. The predicted molar refractivity (Wildman–Crippen MR) is 95.7 cm³/mol. The fourth-order valence-corrected chi connectivity index (χ4v) is 2.47. The van der Waals surface area contributed by atoms with Gasteiger partial charge in [-0.05, 0) is 25.8 Å². The molecule has 0 heterocycles. The SMILES string of the molecule is CCOC(=O)C[C@H](C(=O)OCC)[C@@H](NC(=O)CCc1ccccc1)C(=O)O. The lowest BCUT2D eigenvalue weighted by atomic mass is 9.95. The second-order valence-corrected chi connectivity index (χ2v) is 5.74. The molecule has 0 spiro atoms. The summed E-state index contributed by atoms with van der Waals surface area (Å²) in [5, 5.41) is 11.8. The molecule has 27 heavy (non-hydrogen) atoms. The molecule has 1 amide bonds. The van der Waals surface area contributed by atoms with E-state index in [1.807, 2.05) is 30.3 Å². The van der Waals surface area contributed by atoms with E-state index in [0.717, 1.165) is 5.56 Å². The molecule has 8 nitrogen and oxygen atoms in total. The summed E-state index contributed by atoms with van der Waals surface area (Å²) in [6.45, 7) is 3.27. The average molecular weight is 379 g/mol. The maximum Gasteiger partial charge on any atom is 0.327 e. The molecule has 0 radical (unpaired) electrons. The van der Waals surface area contributed by atoms with Crippen LogP contribution < -0.4 is 5.32 Å². The van der Waals surface area contributed by atoms with E-state index >= 15 is 0 Å². The number of aliphatic carboxylic acids is 1. The number of benzene rings is 1. The van der Waals surface area contributed by atoms with Gasteiger partial charge in [0.2, 0.25) is 5.91 Å². The van der Waals surface area contributed by atoms with Crippen molar-refractivity contribution in [3.8, 4) is 0 Å². The van der Waals surface area contributed by atoms with E-state index < -0.39 is 42.2 Å². The van der Waals surface area contributed by atoms with E-state index in [4.69, 9.17) is 9.47 Å². The number of carbonyl (C=O) groups excluding carboxylic acids is 3. The minimum Gasteiger partial charge on any atom is -0.480 e. The second-order valence-electron chi connectivity index (χ2n) is 5.74. The minimum atomic E-state index is -1.59. The summed E-state index contributed by atoms with van der Waals surface area (Å²) in [6.07, 6.45) is -0.0354. The molecule has 8 heteroatoms. The van der Waals surface area contributed by atoms with Gasteiger partial charge in [-0.25, -0.2) is 4.79 Å². The molecular weight excluding hydrogens is 354 g/mol. The Hall–Kier alpha value is -2.90. The lowest BCUT2D eigenvalue weighted by Crippen LogP contribution is -2.49. The summed E-state index contributed by atoms with van der Waals surface area (Å²) in [6, 6.07) is 7.64. The van der Waals surface area contributed by atoms with Crippen LogP contribution in [0.25, 0.3) is 0 Å². The summed E-state index contributed by atoms with van der Waals surface area (Å²) >= 11 is 0. The Morgan fingerprint density at radius 3 is 2.22 bits per heavy atom. The van der Waals surface area contributed by atoms with Crippen LogP contribution in [0.4, 0.5) is 0 Å². The third-order valence-electron chi connectivity index (χ3n) is 3.75. The standard InChI is InChI=1S/C19H25NO7/c1-3-26-16(22)12-14(19(25)27-4-2)17(18(23)24)20-15(21)11-10-13-8-6-5-7-9-13/h5-9,14,17H,3-4,10-12H2,1-2H3,(H,20,21)(H,23,24)/t14-,17+/m0/s1. The number of ether oxygens (including phenoxy) is 2. The van der Waals surface area contributed by atoms with Gasteiger partial charge < -0.3 is 19.9 Å². The van der Waals surface area contributed by atoms with Gasteiger partial charge in [-0.15, -0.1) is 0 Å². The topological polar surface area (TPSA) is 119 Å². The van der Waals surface area contributed by atoms with Gasteiger partial charge in [-0.1, -0.05) is 30.3 Å². The molecule has 0 saturated carbocycles. The Bertz CT molecular complexity index is 645. The average Bonchev–Trinajstić information content (AvgIpc) is 2.64. The van der Waals surface area contributed by atoms with Crippen LogP contribution in [0.5, 0.6) is 0 Å². The highest BCUT2D eigenvalue weighted by molar-refractivity contribution is 5.90. The largest absolute Gasteiger partial charge is 0.480 e. The zero-order chi connectivity index (χ0) is 20.2. The second kappa shape index (κ2) is 11.7. The van der Waals surface area contributed by atoms with Gasteiger partial charge in [0.1, 0.15) is 6.04 Å². The molecule has 0 aliphatic heterocycles. The molecule has 1 aromatic carbocycles. The Balaban J connectivity index is 2.82. The van der Waals surface area contributed by atoms with Crippen molar-refractivity contribution in [2.45, 2.75) is 39.2 Å². The quantitative estimate of drug-likeness (QED) is 0.557. The van der Waals surface area contributed by atoms with Crippen LogP contribution >= 0.6 is 0 Å². The molecule has 2 atom stereocenters. The van der Waals surface area contributed by atoms with Crippen molar-refractivity contribution in [1.29, 1.82) is 0 Å². The molecule has 0 aliphatic carbocycles. The van der Waals surface area contributed by atoms with Crippen LogP contribution in [0.3, 0.4) is 0 Å². The number of carbonyl (C=O) groups is 4. The first-order chi connectivity index (χ1) is 12.9. The molecule has 0 saturated heterocycles. The van der Waals surface area contributed by atoms with Gasteiger partial charge in [0, 0.05) is 6.42 Å². The van der Waals surface area contributed by atoms with Crippen molar-refractivity contribution < 1.29 is 33.8 Å². The van der Waals surface area contributed by atoms with Gasteiger partial charge in [0.05, 0.1) is 25.6 Å². The number of carboxylic acids is 1. The highest BCUT2D eigenvalue weighted by Crippen LogP contribution is 2.15. The van der Waals surface area contributed by atoms with Gasteiger partial charge in [0.15, 0.2) is 0 Å². The molecule has 1 rings (SSSR count). The van der Waals surface area contributed by atoms with Gasteiger partial charge in [-0.3, -0.25) is 14.4 Å². The monoisotopic (exact) mass is 379 g/mol. The predicted octanol–water partition coefficient (Wildman–Crippen LogP) is 1.32. The normalized spacial score (nSPS) is 12.5. The number of esters is 2. The van der Waals surface area contributed by atoms with E-state index in [0.29, 0.717) is 6.42 Å². The van der Waals surface area contributed by atoms with E-state index in [9.17, 15) is 24.3 Å². The smallest absolute Gasteiger partial charge is 0.327 e. The number of carboxylic acid groups (broad SMARTS) is 1. The fraction of sp³-hybridized carbons (Fsp3) is 0.474. The molecule has 0 fully saturated rings. The van der Waals surface area contributed by atoms with Crippen LogP contribution in [0.15, 0.2) is 30.3 Å². The summed E-state index contributed by atoms with van der Waals surface area (Å²) in [4.78, 5) is 47.7. The first kappa shape index (κ1) is 22.1. The van der Waals surface area contributed by atoms with Crippen LogP contribution in [0.2, 0.25) is 0 Å². The van der Waals surface area contributed by atoms with Crippen molar-refractivity contribution in [2.24, 2.45) is 5.92 Å². The zero-order valence-electron chi connectivity index (χ0n) is 15.5. The van der Waals surface area contributed by atoms with Crippen molar-refractivity contribution in [3.63, 3.8) is 0 Å². The molecule has 0 aliphatic rings. The summed E-state index contributed by atoms with van der Waals surface area (Å²) < 4.78 is 9.65. The van der Waals surface area contributed by atoms with Gasteiger partial charge in [-0.2, -0.15) is 0 Å². The zero-order valence-corrected chi connectivity index (χ0v) is 15.5. The Morgan fingerprint density at radius 1 is 1.04 bits per heavy atom. The van der Waals surface area contributed by atoms with Crippen LogP contribution in [0, 0.1) is 5.92 Å². The van der Waals surface area contributed by atoms with E-state index in [1.54, 1.807) is 13.8 Å². The third-order valence-corrected chi connectivity index (χ3v) is 3.75. The van der Waals surface area contributed by atoms with Crippen molar-refractivity contribution in [1.82, 2.24) is 5.32 Å². The Labute approximate surface area is 157 Å². The number of nitrogens with one attached hydrogen (secondary N) is 1. The molecule has 2 N–H and O–H groups in total. The van der Waals surface area contributed by atoms with Crippen molar-refractivity contribution in [2.75, 3.05) is 13.2 Å². The number of rotatable bonds is 11. The molecule has 148 valence electrons. The van der Waals surface area contributed by atoms with Crippen molar-refractivity contribution >= 4 is 23.8 Å². The minimum absolute atomic E-state index is 0.0203. The Kier molecular flexibility index (Phi) is 9.57. The maximum atomic E-state index is 12.2. The third kappa shape index (κ3) is 7.89. The summed E-state index contributed by atoms with van der Waals surface area (Å²) in [5.41, 5.74) is 0.924. The van der Waals surface area contributed by atoms with Gasteiger partial charge in [0.25, 0.3) is 0 Å². The highest BCUT2D eigenvalue weighted by Gasteiger charge is 2.38. The highest BCUT2D eigenvalue weighted by atomic mass is 16.5. The first-order valence-electron chi connectivity index (χ1n) is 8.77. The van der Waals surface area contributed by atoms with Crippen LogP contribution in [-0.4, -0.2) is 48.2 Å². The number of hydrogen-bond donors (Lipinski definition) is 2. The van der Waals surface area contributed by atoms with Crippen LogP contribution in [-0.2, 0) is 35.1 Å². The molecule has 0 aromatic heterocycles. The lowest BCUT2D eigenvalue weighted by Gasteiger charge is -2.22. The summed E-state index contributed by atoms with van der Waals surface area (Å²) in [5.74, 6) is -4.95. The number of amides is 1. The van der Waals surface area contributed by atoms with Gasteiger partial charge >= 0.3 is 17.9 Å². The van der Waals surface area contributed by atoms with Crippen LogP contribution in [0.1, 0.15) is 32.3 Å².